The normalized spacial score (nSPS) is 21.2. The lowest BCUT2D eigenvalue weighted by molar-refractivity contribution is 0.102. The summed E-state index contributed by atoms with van der Waals surface area (Å²) >= 11 is 0. The van der Waals surface area contributed by atoms with E-state index in [0.717, 1.165) is 70.9 Å². The lowest BCUT2D eigenvalue weighted by atomic mass is 10.1. The summed E-state index contributed by atoms with van der Waals surface area (Å²) in [5, 5.41) is 10.8. The van der Waals surface area contributed by atoms with E-state index in [9.17, 15) is 4.79 Å². The molecule has 0 aliphatic carbocycles. The standard InChI is InChI=1S/C22H32N6O/c1-2-26-12-14-27(15-13-26)17-18-5-7-19(8-6-18)24-22(29)21-9-11-28(25-21)20-4-3-10-23-16-20/h5-9,11,20,23H,2-4,10,12-17H2,1H3,(H,24,29). The summed E-state index contributed by atoms with van der Waals surface area (Å²) in [6, 6.07) is 10.3. The zero-order chi connectivity index (χ0) is 20.1. The van der Waals surface area contributed by atoms with Crippen LogP contribution in [0, 0.1) is 0 Å². The van der Waals surface area contributed by atoms with Crippen LogP contribution >= 0.6 is 0 Å². The van der Waals surface area contributed by atoms with E-state index >= 15 is 0 Å². The minimum atomic E-state index is -0.157. The third-order valence-electron chi connectivity index (χ3n) is 6.02. The number of carbonyl (C=O) groups is 1. The van der Waals surface area contributed by atoms with Crippen LogP contribution in [0.3, 0.4) is 0 Å². The Hall–Kier alpha value is -2.22. The van der Waals surface area contributed by atoms with Gasteiger partial charge in [0.15, 0.2) is 5.69 Å². The summed E-state index contributed by atoms with van der Waals surface area (Å²) in [4.78, 5) is 17.5. The number of piperidine rings is 1. The molecule has 2 fully saturated rings. The number of hydrogen-bond donors (Lipinski definition) is 2. The average Bonchev–Trinajstić information content (AvgIpc) is 3.27. The fourth-order valence-electron chi connectivity index (χ4n) is 4.13. The highest BCUT2D eigenvalue weighted by atomic mass is 16.1. The molecule has 0 saturated carbocycles. The van der Waals surface area contributed by atoms with Crippen LogP contribution in [0.5, 0.6) is 0 Å². The van der Waals surface area contributed by atoms with E-state index in [-0.39, 0.29) is 5.91 Å². The van der Waals surface area contributed by atoms with Crippen molar-refractivity contribution in [1.29, 1.82) is 0 Å². The number of piperazine rings is 1. The van der Waals surface area contributed by atoms with Gasteiger partial charge in [-0.2, -0.15) is 5.10 Å². The van der Waals surface area contributed by atoms with Crippen molar-refractivity contribution < 1.29 is 4.79 Å². The minimum Gasteiger partial charge on any atom is -0.321 e. The topological polar surface area (TPSA) is 65.4 Å². The van der Waals surface area contributed by atoms with E-state index in [1.807, 2.05) is 23.0 Å². The summed E-state index contributed by atoms with van der Waals surface area (Å²) in [5.41, 5.74) is 2.55. The molecule has 1 atom stereocenters. The largest absolute Gasteiger partial charge is 0.321 e. The van der Waals surface area contributed by atoms with Crippen molar-refractivity contribution in [1.82, 2.24) is 24.9 Å². The van der Waals surface area contributed by atoms with Crippen LogP contribution in [0.4, 0.5) is 5.69 Å². The number of likely N-dealkylation sites (N-methyl/N-ethyl adjacent to an activating group) is 1. The molecule has 29 heavy (non-hydrogen) atoms. The van der Waals surface area contributed by atoms with Crippen molar-refractivity contribution >= 4 is 11.6 Å². The third kappa shape index (κ3) is 5.23. The Kier molecular flexibility index (Phi) is 6.59. The van der Waals surface area contributed by atoms with Crippen molar-refractivity contribution in [3.8, 4) is 0 Å². The van der Waals surface area contributed by atoms with Crippen molar-refractivity contribution in [2.75, 3.05) is 51.1 Å². The van der Waals surface area contributed by atoms with Gasteiger partial charge in [-0.3, -0.25) is 14.4 Å². The van der Waals surface area contributed by atoms with Gasteiger partial charge in [0.1, 0.15) is 0 Å². The van der Waals surface area contributed by atoms with Crippen molar-refractivity contribution in [3.63, 3.8) is 0 Å². The van der Waals surface area contributed by atoms with Crippen LogP contribution in [-0.4, -0.2) is 71.3 Å². The lowest BCUT2D eigenvalue weighted by Crippen LogP contribution is -2.45. The number of anilines is 1. The average molecular weight is 397 g/mol. The number of carbonyl (C=O) groups excluding carboxylic acids is 1. The highest BCUT2D eigenvalue weighted by Crippen LogP contribution is 2.17. The summed E-state index contributed by atoms with van der Waals surface area (Å²) in [5.74, 6) is -0.157. The molecule has 2 saturated heterocycles. The number of amides is 1. The highest BCUT2D eigenvalue weighted by Gasteiger charge is 2.18. The number of nitrogens with zero attached hydrogens (tertiary/aromatic N) is 4. The van der Waals surface area contributed by atoms with Gasteiger partial charge < -0.3 is 15.5 Å². The summed E-state index contributed by atoms with van der Waals surface area (Å²) in [6.07, 6.45) is 4.16. The Labute approximate surface area is 173 Å². The molecule has 2 N–H and O–H groups in total. The van der Waals surface area contributed by atoms with Crippen molar-refractivity contribution in [3.05, 3.63) is 47.8 Å². The van der Waals surface area contributed by atoms with Gasteiger partial charge in [0.2, 0.25) is 0 Å². The first-order valence-electron chi connectivity index (χ1n) is 10.8. The smallest absolute Gasteiger partial charge is 0.276 e. The second-order valence-electron chi connectivity index (χ2n) is 8.04. The minimum absolute atomic E-state index is 0.157. The molecular weight excluding hydrogens is 364 g/mol. The van der Waals surface area contributed by atoms with Gasteiger partial charge in [0, 0.05) is 51.2 Å². The maximum atomic E-state index is 12.6. The lowest BCUT2D eigenvalue weighted by Gasteiger charge is -2.34. The van der Waals surface area contributed by atoms with Gasteiger partial charge in [-0.1, -0.05) is 19.1 Å². The van der Waals surface area contributed by atoms with E-state index in [2.05, 4.69) is 44.6 Å². The SMILES string of the molecule is CCN1CCN(Cc2ccc(NC(=O)c3ccn(C4CCCNC4)n3)cc2)CC1. The van der Waals surface area contributed by atoms with Gasteiger partial charge in [-0.15, -0.1) is 0 Å². The third-order valence-corrected chi connectivity index (χ3v) is 6.02. The number of aromatic nitrogens is 2. The predicted octanol–water partition coefficient (Wildman–Crippen LogP) is 2.20. The molecule has 1 aromatic carbocycles. The van der Waals surface area contributed by atoms with E-state index < -0.39 is 0 Å². The first kappa shape index (κ1) is 20.1. The molecule has 2 aliphatic rings. The van der Waals surface area contributed by atoms with Gasteiger partial charge in [-0.25, -0.2) is 0 Å². The zero-order valence-corrected chi connectivity index (χ0v) is 17.3. The molecule has 7 nitrogen and oxygen atoms in total. The number of nitrogens with one attached hydrogen (secondary N) is 2. The van der Waals surface area contributed by atoms with Crippen LogP contribution in [0.15, 0.2) is 36.5 Å². The van der Waals surface area contributed by atoms with Crippen LogP contribution in [-0.2, 0) is 6.54 Å². The monoisotopic (exact) mass is 396 g/mol. The van der Waals surface area contributed by atoms with Crippen molar-refractivity contribution in [2.45, 2.75) is 32.4 Å². The summed E-state index contributed by atoms with van der Waals surface area (Å²) < 4.78 is 1.92. The van der Waals surface area contributed by atoms with Crippen LogP contribution in [0.1, 0.15) is 41.9 Å². The predicted molar refractivity (Wildman–Crippen MR) is 115 cm³/mol. The number of rotatable bonds is 6. The molecule has 4 rings (SSSR count). The molecule has 1 amide bonds. The second-order valence-corrected chi connectivity index (χ2v) is 8.04. The molecule has 2 aliphatic heterocycles. The molecule has 3 heterocycles. The van der Waals surface area contributed by atoms with E-state index in [1.165, 1.54) is 5.56 Å². The number of benzene rings is 1. The van der Waals surface area contributed by atoms with Gasteiger partial charge in [0.05, 0.1) is 6.04 Å². The fraction of sp³-hybridized carbons (Fsp3) is 0.545. The van der Waals surface area contributed by atoms with E-state index in [1.54, 1.807) is 6.07 Å². The highest BCUT2D eigenvalue weighted by molar-refractivity contribution is 6.02. The Morgan fingerprint density at radius 2 is 1.90 bits per heavy atom. The second kappa shape index (κ2) is 9.52. The number of hydrogen-bond acceptors (Lipinski definition) is 5. The molecule has 1 unspecified atom stereocenters. The first-order valence-corrected chi connectivity index (χ1v) is 10.8. The quantitative estimate of drug-likeness (QED) is 0.784. The molecule has 7 heteroatoms. The summed E-state index contributed by atoms with van der Waals surface area (Å²) in [6.45, 7) is 10.8. The van der Waals surface area contributed by atoms with Crippen LogP contribution in [0.25, 0.3) is 0 Å². The maximum absolute atomic E-state index is 12.6. The van der Waals surface area contributed by atoms with E-state index in [0.29, 0.717) is 11.7 Å². The van der Waals surface area contributed by atoms with Crippen LogP contribution < -0.4 is 10.6 Å². The van der Waals surface area contributed by atoms with Gasteiger partial charge in [-0.05, 0) is 49.7 Å². The Bertz CT molecular complexity index is 788. The molecule has 0 radical (unpaired) electrons. The van der Waals surface area contributed by atoms with Gasteiger partial charge >= 0.3 is 0 Å². The van der Waals surface area contributed by atoms with Crippen LogP contribution in [0.2, 0.25) is 0 Å². The zero-order valence-electron chi connectivity index (χ0n) is 17.3. The summed E-state index contributed by atoms with van der Waals surface area (Å²) in [7, 11) is 0. The van der Waals surface area contributed by atoms with E-state index in [4.69, 9.17) is 0 Å². The molecule has 0 bridgehead atoms. The Morgan fingerprint density at radius 3 is 2.59 bits per heavy atom. The first-order chi connectivity index (χ1) is 14.2. The van der Waals surface area contributed by atoms with Crippen molar-refractivity contribution in [2.24, 2.45) is 0 Å². The maximum Gasteiger partial charge on any atom is 0.276 e. The molecule has 2 aromatic rings. The Balaban J connectivity index is 1.29. The van der Waals surface area contributed by atoms with Gasteiger partial charge in [0.25, 0.3) is 5.91 Å². The molecule has 1 aromatic heterocycles. The Morgan fingerprint density at radius 1 is 1.14 bits per heavy atom. The molecular formula is C22H32N6O. The molecule has 156 valence electrons. The fourth-order valence-corrected chi connectivity index (χ4v) is 4.13. The molecule has 0 spiro atoms.